The summed E-state index contributed by atoms with van der Waals surface area (Å²) in [5.41, 5.74) is 5.55. The van der Waals surface area contributed by atoms with Crippen molar-refractivity contribution in [2.45, 2.75) is 68.0 Å². The van der Waals surface area contributed by atoms with Crippen LogP contribution in [0.5, 0.6) is 0 Å². The number of carbonyl (C=O) groups is 3. The van der Waals surface area contributed by atoms with Gasteiger partial charge >= 0.3 is 11.9 Å². The van der Waals surface area contributed by atoms with Gasteiger partial charge in [-0.2, -0.15) is 8.78 Å². The monoisotopic (exact) mass is 459 g/mol. The molecule has 31 heavy (non-hydrogen) atoms. The first-order valence-corrected chi connectivity index (χ1v) is 9.20. The van der Waals surface area contributed by atoms with Crippen LogP contribution < -0.4 is 16.4 Å². The Morgan fingerprint density at radius 3 is 2.32 bits per heavy atom. The molecule has 180 valence electrons. The van der Waals surface area contributed by atoms with Crippen LogP contribution in [-0.2, 0) is 19.1 Å². The van der Waals surface area contributed by atoms with Gasteiger partial charge in [-0.3, -0.25) is 14.4 Å². The molecule has 0 saturated carbocycles. The topological polar surface area (TPSA) is 232 Å². The number of ether oxygens (including phenoxy) is 1. The van der Waals surface area contributed by atoms with Crippen LogP contribution in [0.2, 0.25) is 0 Å². The minimum Gasteiger partial charge on any atom is -0.480 e. The second-order valence-corrected chi connectivity index (χ2v) is 7.11. The Hall–Kier alpha value is -2.01. The highest BCUT2D eigenvalue weighted by Crippen LogP contribution is 2.39. The molecular formula is C16H27F2N3O10. The molecule has 7 atom stereocenters. The molecule has 1 fully saturated rings. The largest absolute Gasteiger partial charge is 0.480 e. The van der Waals surface area contributed by atoms with Crippen LogP contribution in [0.1, 0.15) is 19.8 Å². The molecule has 0 aromatic carbocycles. The maximum Gasteiger partial charge on any atom is 0.379 e. The van der Waals surface area contributed by atoms with Gasteiger partial charge in [0.2, 0.25) is 5.91 Å². The second kappa shape index (κ2) is 10.5. The van der Waals surface area contributed by atoms with Crippen LogP contribution in [0.15, 0.2) is 0 Å². The van der Waals surface area contributed by atoms with Gasteiger partial charge in [0.25, 0.3) is 11.7 Å². The van der Waals surface area contributed by atoms with Gasteiger partial charge in [0.1, 0.15) is 30.5 Å². The molecule has 0 bridgehead atoms. The van der Waals surface area contributed by atoms with Gasteiger partial charge in [0.15, 0.2) is 0 Å². The van der Waals surface area contributed by atoms with E-state index in [1.807, 2.05) is 0 Å². The molecule has 0 aromatic heterocycles. The van der Waals surface area contributed by atoms with E-state index in [1.165, 1.54) is 6.92 Å². The predicted molar refractivity (Wildman–Crippen MR) is 95.3 cm³/mol. The van der Waals surface area contributed by atoms with Crippen LogP contribution in [0, 0.1) is 0 Å². The van der Waals surface area contributed by atoms with Crippen LogP contribution in [0.4, 0.5) is 8.78 Å². The van der Waals surface area contributed by atoms with Crippen molar-refractivity contribution in [3.63, 3.8) is 0 Å². The van der Waals surface area contributed by atoms with Crippen molar-refractivity contribution in [3.05, 3.63) is 0 Å². The molecule has 1 aliphatic rings. The zero-order chi connectivity index (χ0) is 24.1. The first kappa shape index (κ1) is 27.0. The lowest BCUT2D eigenvalue weighted by molar-refractivity contribution is -0.401. The number of aliphatic hydroxyl groups is 5. The number of halogens is 2. The highest BCUT2D eigenvalue weighted by molar-refractivity contribution is 5.86. The third-order valence-electron chi connectivity index (χ3n) is 4.74. The van der Waals surface area contributed by atoms with Gasteiger partial charge in [-0.05, 0) is 19.8 Å². The standard InChI is InChI=1S/C16H27F2N3O10/c1-6(13(27)28)21-12(26)7(19)3-2-4-20-14(29)15(17,18)16(30)11(25)10(24)9(23)8(5-22)31-16/h6-11,22-25,30H,2-5,19H2,1H3,(H,20,29)(H,21,26)(H,27,28)/t6-,7+,8+,9-,10-,11+,16+/m0/s1. The zero-order valence-corrected chi connectivity index (χ0v) is 16.4. The van der Waals surface area contributed by atoms with Crippen molar-refractivity contribution < 1.29 is 58.5 Å². The minimum atomic E-state index is -4.82. The lowest BCUT2D eigenvalue weighted by atomic mass is 9.88. The van der Waals surface area contributed by atoms with Crippen molar-refractivity contribution in [2.24, 2.45) is 5.73 Å². The molecule has 0 unspecified atom stereocenters. The van der Waals surface area contributed by atoms with E-state index >= 15 is 0 Å². The number of hydrogen-bond donors (Lipinski definition) is 9. The molecule has 15 heteroatoms. The number of carbonyl (C=O) groups excluding carboxylic acids is 2. The number of nitrogens with two attached hydrogens (primary N) is 1. The number of carboxylic acids is 1. The summed E-state index contributed by atoms with van der Waals surface area (Å²) in [4.78, 5) is 34.3. The number of amides is 2. The highest BCUT2D eigenvalue weighted by Gasteiger charge is 2.69. The van der Waals surface area contributed by atoms with E-state index in [2.05, 4.69) is 10.1 Å². The summed E-state index contributed by atoms with van der Waals surface area (Å²) in [7, 11) is 0. The van der Waals surface area contributed by atoms with Crippen molar-refractivity contribution in [1.82, 2.24) is 10.6 Å². The molecule has 1 heterocycles. The number of alkyl halides is 2. The normalized spacial score (nSPS) is 30.9. The van der Waals surface area contributed by atoms with Gasteiger partial charge < -0.3 is 51.7 Å². The molecule has 0 radical (unpaired) electrons. The fourth-order valence-corrected chi connectivity index (χ4v) is 2.72. The number of rotatable bonds is 10. The van der Waals surface area contributed by atoms with E-state index in [9.17, 15) is 43.6 Å². The van der Waals surface area contributed by atoms with E-state index < -0.39 is 79.1 Å². The van der Waals surface area contributed by atoms with Crippen molar-refractivity contribution in [2.75, 3.05) is 13.2 Å². The van der Waals surface area contributed by atoms with Gasteiger partial charge in [-0.1, -0.05) is 0 Å². The van der Waals surface area contributed by atoms with Crippen LogP contribution in [0.25, 0.3) is 0 Å². The lowest BCUT2D eigenvalue weighted by Gasteiger charge is -2.47. The maximum atomic E-state index is 14.5. The van der Waals surface area contributed by atoms with Gasteiger partial charge in [0, 0.05) is 6.54 Å². The van der Waals surface area contributed by atoms with Crippen molar-refractivity contribution in [3.8, 4) is 0 Å². The molecule has 2 amide bonds. The average Bonchev–Trinajstić information content (AvgIpc) is 2.71. The maximum absolute atomic E-state index is 14.5. The molecule has 0 spiro atoms. The summed E-state index contributed by atoms with van der Waals surface area (Å²) in [6.45, 7) is -0.352. The molecule has 0 aliphatic carbocycles. The summed E-state index contributed by atoms with van der Waals surface area (Å²) >= 11 is 0. The van der Waals surface area contributed by atoms with Gasteiger partial charge in [0.05, 0.1) is 12.6 Å². The quantitative estimate of drug-likeness (QED) is 0.141. The third-order valence-corrected chi connectivity index (χ3v) is 4.74. The minimum absolute atomic E-state index is 0.0969. The number of nitrogens with one attached hydrogen (secondary N) is 2. The molecular weight excluding hydrogens is 432 g/mol. The first-order valence-electron chi connectivity index (χ1n) is 9.20. The fourth-order valence-electron chi connectivity index (χ4n) is 2.72. The Bertz CT molecular complexity index is 668. The number of hydrogen-bond acceptors (Lipinski definition) is 10. The van der Waals surface area contributed by atoms with E-state index in [4.69, 9.17) is 15.9 Å². The molecule has 10 N–H and O–H groups in total. The van der Waals surface area contributed by atoms with Crippen molar-refractivity contribution in [1.29, 1.82) is 0 Å². The summed E-state index contributed by atoms with van der Waals surface area (Å²) in [6, 6.07) is -2.38. The number of aliphatic carboxylic acids is 1. The van der Waals surface area contributed by atoms with Crippen molar-refractivity contribution >= 4 is 17.8 Å². The van der Waals surface area contributed by atoms with E-state index in [0.717, 1.165) is 0 Å². The SMILES string of the molecule is C[C@H](NC(=O)[C@H](N)CCCNC(=O)C(F)(F)[C@]1(O)O[C@H](CO)[C@H](O)[C@H](O)[C@H]1O)C(=O)O. The van der Waals surface area contributed by atoms with E-state index in [1.54, 1.807) is 5.32 Å². The number of carboxylic acid groups (broad SMARTS) is 1. The molecule has 1 rings (SSSR count). The summed E-state index contributed by atoms with van der Waals surface area (Å²) < 4.78 is 33.5. The molecule has 0 aromatic rings. The van der Waals surface area contributed by atoms with E-state index in [-0.39, 0.29) is 12.8 Å². The Balaban J connectivity index is 2.66. The summed E-state index contributed by atoms with van der Waals surface area (Å²) in [6.07, 6.45) is -9.27. The Morgan fingerprint density at radius 2 is 1.81 bits per heavy atom. The van der Waals surface area contributed by atoms with Gasteiger partial charge in [-0.15, -0.1) is 0 Å². The fraction of sp³-hybridized carbons (Fsp3) is 0.812. The smallest absolute Gasteiger partial charge is 0.379 e. The molecule has 13 nitrogen and oxygen atoms in total. The Morgan fingerprint density at radius 1 is 1.23 bits per heavy atom. The lowest BCUT2D eigenvalue weighted by Crippen LogP contribution is -2.73. The van der Waals surface area contributed by atoms with Crippen LogP contribution in [0.3, 0.4) is 0 Å². The third kappa shape index (κ3) is 5.82. The van der Waals surface area contributed by atoms with Gasteiger partial charge in [-0.25, -0.2) is 0 Å². The Labute approximate surface area is 174 Å². The highest BCUT2D eigenvalue weighted by atomic mass is 19.3. The first-order chi connectivity index (χ1) is 14.2. The second-order valence-electron chi connectivity index (χ2n) is 7.11. The Kier molecular flexibility index (Phi) is 9.19. The predicted octanol–water partition coefficient (Wildman–Crippen LogP) is -4.40. The van der Waals surface area contributed by atoms with E-state index in [0.29, 0.717) is 0 Å². The number of aliphatic hydroxyl groups excluding tert-OH is 4. The summed E-state index contributed by atoms with van der Waals surface area (Å²) in [5.74, 6) is -13.0. The average molecular weight is 459 g/mol. The van der Waals surface area contributed by atoms with Crippen LogP contribution >= 0.6 is 0 Å². The molecule has 1 aliphatic heterocycles. The van der Waals surface area contributed by atoms with Crippen LogP contribution in [-0.4, -0.2) is 110 Å². The molecule has 1 saturated heterocycles. The summed E-state index contributed by atoms with van der Waals surface area (Å²) in [5, 5.41) is 60.7. The zero-order valence-electron chi connectivity index (χ0n) is 16.4.